The van der Waals surface area contributed by atoms with Crippen LogP contribution in [0.3, 0.4) is 0 Å². The van der Waals surface area contributed by atoms with Crippen molar-refractivity contribution in [3.8, 4) is 0 Å². The Morgan fingerprint density at radius 1 is 1.50 bits per heavy atom. The second kappa shape index (κ2) is 5.49. The van der Waals surface area contributed by atoms with Gasteiger partial charge in [-0.15, -0.1) is 11.3 Å². The van der Waals surface area contributed by atoms with Crippen LogP contribution in [-0.4, -0.2) is 12.1 Å². The van der Waals surface area contributed by atoms with E-state index in [-0.39, 0.29) is 11.4 Å². The molecule has 0 bridgehead atoms. The van der Waals surface area contributed by atoms with E-state index < -0.39 is 5.82 Å². The van der Waals surface area contributed by atoms with E-state index in [0.29, 0.717) is 9.75 Å². The molecular weight excluding hydrogens is 201 g/mol. The second-order valence-corrected chi connectivity index (χ2v) is 3.53. The minimum Gasteiger partial charge on any atom is -0.384 e. The van der Waals surface area contributed by atoms with Gasteiger partial charge in [-0.1, -0.05) is 13.8 Å². The molecule has 4 N–H and O–H groups in total. The van der Waals surface area contributed by atoms with Gasteiger partial charge in [-0.2, -0.15) is 0 Å². The molecule has 5 heteroatoms. The van der Waals surface area contributed by atoms with Crippen LogP contribution in [0.25, 0.3) is 0 Å². The van der Waals surface area contributed by atoms with Crippen molar-refractivity contribution in [2.24, 2.45) is 5.73 Å². The molecule has 0 saturated heterocycles. The highest BCUT2D eigenvalue weighted by molar-refractivity contribution is 7.14. The Bertz CT molecular complexity index is 344. The molecule has 1 heterocycles. The van der Waals surface area contributed by atoms with E-state index in [0.717, 1.165) is 17.6 Å². The summed E-state index contributed by atoms with van der Waals surface area (Å²) in [6.07, 6.45) is 1.01. The Hall–Kier alpha value is -1.23. The Kier molecular flexibility index (Phi) is 5.01. The molecule has 1 rings (SSSR count). The zero-order chi connectivity index (χ0) is 11.3. The molecule has 0 aromatic carbocycles. The first kappa shape index (κ1) is 12.8. The normalized spacial score (nSPS) is 8.86. The van der Waals surface area contributed by atoms with Gasteiger partial charge < -0.3 is 11.1 Å². The van der Waals surface area contributed by atoms with Gasteiger partial charge in [-0.25, -0.2) is 4.39 Å². The van der Waals surface area contributed by atoms with E-state index >= 15 is 0 Å². The summed E-state index contributed by atoms with van der Waals surface area (Å²) in [7, 11) is 0. The highest BCUT2D eigenvalue weighted by Gasteiger charge is 2.16. The number of halogens is 1. The number of hydrogen-bond acceptors (Lipinski definition) is 3. The lowest BCUT2D eigenvalue weighted by atomic mass is 10.2. The van der Waals surface area contributed by atoms with Crippen molar-refractivity contribution in [2.45, 2.75) is 20.8 Å². The van der Waals surface area contributed by atoms with Gasteiger partial charge in [-0.05, 0) is 6.92 Å². The van der Waals surface area contributed by atoms with Crippen LogP contribution in [0, 0.1) is 23.6 Å². The Morgan fingerprint density at radius 3 is 2.29 bits per heavy atom. The molecule has 1 aromatic rings. The largest absolute Gasteiger partial charge is 0.384 e. The average molecular weight is 215 g/mol. The SMILES string of the molecule is CC.Cc1sc(C=N)c(C(=N)N)c1F. The maximum absolute atomic E-state index is 13.1. The summed E-state index contributed by atoms with van der Waals surface area (Å²) in [5.74, 6) is -0.804. The number of nitrogens with one attached hydrogen (secondary N) is 2. The number of nitrogens with two attached hydrogens (primary N) is 1. The van der Waals surface area contributed by atoms with Crippen LogP contribution in [0.5, 0.6) is 0 Å². The first-order valence-electron chi connectivity index (χ1n) is 4.21. The van der Waals surface area contributed by atoms with Gasteiger partial charge in [0.05, 0.1) is 10.4 Å². The zero-order valence-electron chi connectivity index (χ0n) is 8.44. The smallest absolute Gasteiger partial charge is 0.148 e. The average Bonchev–Trinajstić information content (AvgIpc) is 2.46. The summed E-state index contributed by atoms with van der Waals surface area (Å²) in [4.78, 5) is 0.858. The molecule has 0 unspecified atom stereocenters. The molecule has 0 aliphatic carbocycles. The van der Waals surface area contributed by atoms with Crippen molar-refractivity contribution in [3.05, 3.63) is 21.1 Å². The first-order chi connectivity index (χ1) is 6.57. The van der Waals surface area contributed by atoms with Gasteiger partial charge in [-0.3, -0.25) is 5.41 Å². The van der Waals surface area contributed by atoms with Gasteiger partial charge in [0.1, 0.15) is 11.7 Å². The predicted molar refractivity (Wildman–Crippen MR) is 59.3 cm³/mol. The van der Waals surface area contributed by atoms with E-state index in [1.54, 1.807) is 6.92 Å². The first-order valence-corrected chi connectivity index (χ1v) is 5.03. The van der Waals surface area contributed by atoms with Crippen molar-refractivity contribution in [1.29, 1.82) is 10.8 Å². The summed E-state index contributed by atoms with van der Waals surface area (Å²) >= 11 is 1.13. The zero-order valence-corrected chi connectivity index (χ0v) is 9.26. The highest BCUT2D eigenvalue weighted by Crippen LogP contribution is 2.24. The van der Waals surface area contributed by atoms with Gasteiger partial charge in [0.2, 0.25) is 0 Å². The van der Waals surface area contributed by atoms with E-state index in [2.05, 4.69) is 0 Å². The molecule has 0 saturated carbocycles. The summed E-state index contributed by atoms with van der Waals surface area (Å²) in [5, 5.41) is 14.0. The van der Waals surface area contributed by atoms with Crippen LogP contribution < -0.4 is 5.73 Å². The van der Waals surface area contributed by atoms with Crippen LogP contribution in [0.15, 0.2) is 0 Å². The van der Waals surface area contributed by atoms with Crippen LogP contribution in [-0.2, 0) is 0 Å². The molecule has 0 spiro atoms. The van der Waals surface area contributed by atoms with Gasteiger partial charge in [0, 0.05) is 11.1 Å². The van der Waals surface area contributed by atoms with Gasteiger partial charge in [0.25, 0.3) is 0 Å². The quantitative estimate of drug-likeness (QED) is 0.514. The molecular formula is C9H14FN3S. The number of hydrogen-bond donors (Lipinski definition) is 3. The lowest BCUT2D eigenvalue weighted by molar-refractivity contribution is 0.623. The third kappa shape index (κ3) is 2.38. The number of aryl methyl sites for hydroxylation is 1. The lowest BCUT2D eigenvalue weighted by Gasteiger charge is -1.94. The number of amidine groups is 1. The maximum atomic E-state index is 13.1. The molecule has 0 aliphatic rings. The molecule has 0 aliphatic heterocycles. The van der Waals surface area contributed by atoms with Crippen LogP contribution >= 0.6 is 11.3 Å². The predicted octanol–water partition coefficient (Wildman–Crippen LogP) is 2.50. The molecule has 0 amide bonds. The molecule has 0 atom stereocenters. The van der Waals surface area contributed by atoms with Crippen molar-refractivity contribution in [2.75, 3.05) is 0 Å². The topological polar surface area (TPSA) is 73.7 Å². The summed E-state index contributed by atoms with van der Waals surface area (Å²) in [6.45, 7) is 5.60. The van der Waals surface area contributed by atoms with E-state index in [1.807, 2.05) is 13.8 Å². The standard InChI is InChI=1S/C7H8FN3S.C2H6/c1-3-6(8)5(7(10)11)4(2-9)12-3;1-2/h2,9H,1H3,(H3,10,11);1-2H3. The van der Waals surface area contributed by atoms with Crippen LogP contribution in [0.4, 0.5) is 4.39 Å². The molecule has 3 nitrogen and oxygen atoms in total. The van der Waals surface area contributed by atoms with Crippen LogP contribution in [0.2, 0.25) is 0 Å². The van der Waals surface area contributed by atoms with Crippen molar-refractivity contribution >= 4 is 23.4 Å². The Labute approximate surface area is 86.8 Å². The Morgan fingerprint density at radius 2 is 2.00 bits per heavy atom. The van der Waals surface area contributed by atoms with Gasteiger partial charge >= 0.3 is 0 Å². The summed E-state index contributed by atoms with van der Waals surface area (Å²) in [5.41, 5.74) is 5.20. The fourth-order valence-corrected chi connectivity index (χ4v) is 1.78. The van der Waals surface area contributed by atoms with E-state index in [9.17, 15) is 4.39 Å². The molecule has 78 valence electrons. The fraction of sp³-hybridized carbons (Fsp3) is 0.333. The number of rotatable bonds is 2. The lowest BCUT2D eigenvalue weighted by Crippen LogP contribution is -2.13. The van der Waals surface area contributed by atoms with Gasteiger partial charge in [0.15, 0.2) is 0 Å². The third-order valence-electron chi connectivity index (χ3n) is 1.44. The molecule has 1 aromatic heterocycles. The monoisotopic (exact) mass is 215 g/mol. The second-order valence-electron chi connectivity index (χ2n) is 2.27. The highest BCUT2D eigenvalue weighted by atomic mass is 32.1. The molecule has 0 fully saturated rings. The minimum absolute atomic E-state index is 0.0486. The number of thiophene rings is 1. The van der Waals surface area contributed by atoms with E-state index in [4.69, 9.17) is 16.6 Å². The van der Waals surface area contributed by atoms with E-state index in [1.165, 1.54) is 0 Å². The Balaban J connectivity index is 0.000000791. The van der Waals surface area contributed by atoms with Crippen molar-refractivity contribution in [3.63, 3.8) is 0 Å². The van der Waals surface area contributed by atoms with Crippen molar-refractivity contribution in [1.82, 2.24) is 0 Å². The summed E-state index contributed by atoms with van der Waals surface area (Å²) < 4.78 is 13.1. The molecule has 0 radical (unpaired) electrons. The summed E-state index contributed by atoms with van der Waals surface area (Å²) in [6, 6.07) is 0. The number of nitrogen functional groups attached to an aromatic ring is 1. The minimum atomic E-state index is -0.481. The fourth-order valence-electron chi connectivity index (χ4n) is 0.898. The van der Waals surface area contributed by atoms with Crippen LogP contribution in [0.1, 0.15) is 29.2 Å². The maximum Gasteiger partial charge on any atom is 0.148 e. The molecule has 14 heavy (non-hydrogen) atoms. The third-order valence-corrected chi connectivity index (χ3v) is 2.47. The van der Waals surface area contributed by atoms with Crippen molar-refractivity contribution < 1.29 is 4.39 Å².